The summed E-state index contributed by atoms with van der Waals surface area (Å²) >= 11 is 0. The second-order valence-electron chi connectivity index (χ2n) is 5.84. The normalized spacial score (nSPS) is 19.3. The second-order valence-corrected chi connectivity index (χ2v) is 5.84. The Kier molecular flexibility index (Phi) is 3.58. The molecule has 1 aliphatic rings. The largest absolute Gasteiger partial charge is 0.390 e. The molecule has 2 rings (SSSR count). The van der Waals surface area contributed by atoms with Crippen molar-refractivity contribution in [1.29, 1.82) is 0 Å². The maximum atomic E-state index is 10.6. The summed E-state index contributed by atoms with van der Waals surface area (Å²) in [5.74, 6) is 0. The van der Waals surface area contributed by atoms with Gasteiger partial charge < -0.3 is 5.11 Å². The maximum absolute atomic E-state index is 10.6. The van der Waals surface area contributed by atoms with Crippen molar-refractivity contribution in [2.45, 2.75) is 64.9 Å². The summed E-state index contributed by atoms with van der Waals surface area (Å²) in [6.45, 7) is 6.47. The lowest BCUT2D eigenvalue weighted by molar-refractivity contribution is 0.00423. The van der Waals surface area contributed by atoms with Gasteiger partial charge in [0.2, 0.25) is 0 Å². The highest BCUT2D eigenvalue weighted by molar-refractivity contribution is 5.38. The van der Waals surface area contributed by atoms with Crippen LogP contribution < -0.4 is 0 Å². The monoisotopic (exact) mass is 232 g/mol. The number of hydrogen-bond acceptors (Lipinski definition) is 1. The van der Waals surface area contributed by atoms with Crippen LogP contribution in [0.3, 0.4) is 0 Å². The fraction of sp³-hybridized carbons (Fsp3) is 0.625. The number of rotatable bonds is 2. The Morgan fingerprint density at radius 1 is 1.00 bits per heavy atom. The summed E-state index contributed by atoms with van der Waals surface area (Å²) in [4.78, 5) is 0. The van der Waals surface area contributed by atoms with Gasteiger partial charge >= 0.3 is 0 Å². The van der Waals surface area contributed by atoms with Gasteiger partial charge in [-0.25, -0.2) is 0 Å². The summed E-state index contributed by atoms with van der Waals surface area (Å²) in [6.07, 6.45) is 6.43. The number of aryl methyl sites for hydroxylation is 3. The SMILES string of the molecule is Cc1cc(C)c(CC2(O)CCCCC2)c(C)c1. The topological polar surface area (TPSA) is 20.2 Å². The molecule has 1 fully saturated rings. The van der Waals surface area contributed by atoms with Crippen molar-refractivity contribution in [1.82, 2.24) is 0 Å². The van der Waals surface area contributed by atoms with Crippen LogP contribution in [0.4, 0.5) is 0 Å². The van der Waals surface area contributed by atoms with E-state index in [9.17, 15) is 5.11 Å². The molecule has 1 N–H and O–H groups in total. The molecule has 0 spiro atoms. The summed E-state index contributed by atoms with van der Waals surface area (Å²) in [5, 5.41) is 10.6. The molecule has 1 heteroatoms. The number of aliphatic hydroxyl groups is 1. The molecule has 1 aliphatic carbocycles. The van der Waals surface area contributed by atoms with E-state index in [4.69, 9.17) is 0 Å². The van der Waals surface area contributed by atoms with Gasteiger partial charge in [-0.15, -0.1) is 0 Å². The van der Waals surface area contributed by atoms with Crippen LogP contribution in [0, 0.1) is 20.8 Å². The highest BCUT2D eigenvalue weighted by atomic mass is 16.3. The van der Waals surface area contributed by atoms with Gasteiger partial charge in [0.05, 0.1) is 5.60 Å². The van der Waals surface area contributed by atoms with Gasteiger partial charge in [0.1, 0.15) is 0 Å². The fourth-order valence-corrected chi connectivity index (χ4v) is 3.20. The molecule has 0 amide bonds. The van der Waals surface area contributed by atoms with E-state index < -0.39 is 5.60 Å². The average Bonchev–Trinajstić information content (AvgIpc) is 2.24. The van der Waals surface area contributed by atoms with Crippen LogP contribution in [-0.4, -0.2) is 10.7 Å². The van der Waals surface area contributed by atoms with Crippen LogP contribution in [0.5, 0.6) is 0 Å². The lowest BCUT2D eigenvalue weighted by Crippen LogP contribution is -2.34. The Labute approximate surface area is 105 Å². The first-order chi connectivity index (χ1) is 8.00. The Balaban J connectivity index is 2.23. The lowest BCUT2D eigenvalue weighted by atomic mass is 9.79. The lowest BCUT2D eigenvalue weighted by Gasteiger charge is -2.33. The summed E-state index contributed by atoms with van der Waals surface area (Å²) in [6, 6.07) is 4.46. The third kappa shape index (κ3) is 2.90. The molecule has 0 radical (unpaired) electrons. The minimum absolute atomic E-state index is 0.441. The summed E-state index contributed by atoms with van der Waals surface area (Å²) in [7, 11) is 0. The molecule has 1 aromatic rings. The molecule has 0 atom stereocenters. The molecule has 0 bridgehead atoms. The molecule has 0 aliphatic heterocycles. The van der Waals surface area contributed by atoms with Gasteiger partial charge in [0.25, 0.3) is 0 Å². The van der Waals surface area contributed by atoms with Gasteiger partial charge in [0.15, 0.2) is 0 Å². The predicted octanol–water partition coefficient (Wildman–Crippen LogP) is 3.85. The molecule has 0 saturated heterocycles. The maximum Gasteiger partial charge on any atom is 0.0688 e. The standard InChI is InChI=1S/C16H24O/c1-12-9-13(2)15(14(3)10-12)11-16(17)7-5-4-6-8-16/h9-10,17H,4-8,11H2,1-3H3. The van der Waals surface area contributed by atoms with E-state index >= 15 is 0 Å². The average molecular weight is 232 g/mol. The van der Waals surface area contributed by atoms with Crippen LogP contribution in [0.1, 0.15) is 54.4 Å². The molecule has 0 aromatic heterocycles. The second kappa shape index (κ2) is 4.81. The van der Waals surface area contributed by atoms with Crippen LogP contribution in [0.25, 0.3) is 0 Å². The fourth-order valence-electron chi connectivity index (χ4n) is 3.20. The minimum Gasteiger partial charge on any atom is -0.390 e. The zero-order chi connectivity index (χ0) is 12.5. The van der Waals surface area contributed by atoms with E-state index in [-0.39, 0.29) is 0 Å². The minimum atomic E-state index is -0.441. The third-order valence-corrected chi connectivity index (χ3v) is 4.13. The molecule has 0 unspecified atom stereocenters. The predicted molar refractivity (Wildman–Crippen MR) is 72.4 cm³/mol. The molecule has 1 aromatic carbocycles. The first kappa shape index (κ1) is 12.6. The van der Waals surface area contributed by atoms with Crippen molar-refractivity contribution >= 4 is 0 Å². The molecule has 17 heavy (non-hydrogen) atoms. The summed E-state index contributed by atoms with van der Waals surface area (Å²) < 4.78 is 0. The Morgan fingerprint density at radius 2 is 1.53 bits per heavy atom. The van der Waals surface area contributed by atoms with E-state index in [1.807, 2.05) is 0 Å². The van der Waals surface area contributed by atoms with E-state index in [0.29, 0.717) is 0 Å². The van der Waals surface area contributed by atoms with Gasteiger partial charge in [0, 0.05) is 6.42 Å². The van der Waals surface area contributed by atoms with E-state index in [1.165, 1.54) is 41.5 Å². The van der Waals surface area contributed by atoms with Crippen LogP contribution in [0.15, 0.2) is 12.1 Å². The van der Waals surface area contributed by atoms with Crippen molar-refractivity contribution in [3.63, 3.8) is 0 Å². The van der Waals surface area contributed by atoms with Gasteiger partial charge in [-0.05, 0) is 50.3 Å². The molecule has 94 valence electrons. The Hall–Kier alpha value is -0.820. The molecule has 1 saturated carbocycles. The quantitative estimate of drug-likeness (QED) is 0.821. The highest BCUT2D eigenvalue weighted by Crippen LogP contribution is 2.33. The first-order valence-corrected chi connectivity index (χ1v) is 6.79. The van der Waals surface area contributed by atoms with Crippen LogP contribution >= 0.6 is 0 Å². The van der Waals surface area contributed by atoms with Gasteiger partial charge in [-0.1, -0.05) is 37.0 Å². The first-order valence-electron chi connectivity index (χ1n) is 6.79. The molecule has 1 nitrogen and oxygen atoms in total. The molecular weight excluding hydrogens is 208 g/mol. The van der Waals surface area contributed by atoms with E-state index in [1.54, 1.807) is 0 Å². The van der Waals surface area contributed by atoms with E-state index in [2.05, 4.69) is 32.9 Å². The van der Waals surface area contributed by atoms with Crippen molar-refractivity contribution in [3.8, 4) is 0 Å². The van der Waals surface area contributed by atoms with Gasteiger partial charge in [-0.2, -0.15) is 0 Å². The smallest absolute Gasteiger partial charge is 0.0688 e. The van der Waals surface area contributed by atoms with Crippen molar-refractivity contribution in [3.05, 3.63) is 34.4 Å². The van der Waals surface area contributed by atoms with Crippen LogP contribution in [-0.2, 0) is 6.42 Å². The number of hydrogen-bond donors (Lipinski definition) is 1. The van der Waals surface area contributed by atoms with Crippen molar-refractivity contribution < 1.29 is 5.11 Å². The molecule has 0 heterocycles. The zero-order valence-corrected chi connectivity index (χ0v) is 11.3. The highest BCUT2D eigenvalue weighted by Gasteiger charge is 2.30. The zero-order valence-electron chi connectivity index (χ0n) is 11.3. The van der Waals surface area contributed by atoms with E-state index in [0.717, 1.165) is 19.3 Å². The van der Waals surface area contributed by atoms with Crippen LogP contribution in [0.2, 0.25) is 0 Å². The van der Waals surface area contributed by atoms with Crippen molar-refractivity contribution in [2.24, 2.45) is 0 Å². The molecular formula is C16H24O. The Bertz CT molecular complexity index is 377. The van der Waals surface area contributed by atoms with Crippen molar-refractivity contribution in [2.75, 3.05) is 0 Å². The third-order valence-electron chi connectivity index (χ3n) is 4.13. The summed E-state index contributed by atoms with van der Waals surface area (Å²) in [5.41, 5.74) is 4.91. The van der Waals surface area contributed by atoms with Gasteiger partial charge in [-0.3, -0.25) is 0 Å². The number of benzene rings is 1. The Morgan fingerprint density at radius 3 is 2.06 bits per heavy atom.